The van der Waals surface area contributed by atoms with E-state index in [1.165, 1.54) is 0 Å². The summed E-state index contributed by atoms with van der Waals surface area (Å²) in [6.07, 6.45) is 3.16. The highest BCUT2D eigenvalue weighted by Crippen LogP contribution is 2.34. The summed E-state index contributed by atoms with van der Waals surface area (Å²) in [7, 11) is 0. The molecule has 76 valence electrons. The van der Waals surface area contributed by atoms with Gasteiger partial charge in [0.15, 0.2) is 0 Å². The molecule has 0 amide bonds. The van der Waals surface area contributed by atoms with E-state index in [9.17, 15) is 5.11 Å². The largest absolute Gasteiger partial charge is 0.393 e. The van der Waals surface area contributed by atoms with Crippen LogP contribution in [0.2, 0.25) is 0 Å². The first kappa shape index (κ1) is 9.69. The van der Waals surface area contributed by atoms with Gasteiger partial charge >= 0.3 is 0 Å². The zero-order valence-electron chi connectivity index (χ0n) is 8.28. The summed E-state index contributed by atoms with van der Waals surface area (Å²) in [5.74, 6) is 0. The molecule has 0 bridgehead atoms. The van der Waals surface area contributed by atoms with Gasteiger partial charge < -0.3 is 9.84 Å². The van der Waals surface area contributed by atoms with Crippen LogP contribution in [0.4, 0.5) is 0 Å². The summed E-state index contributed by atoms with van der Waals surface area (Å²) in [5, 5.41) is 9.47. The van der Waals surface area contributed by atoms with E-state index in [0.29, 0.717) is 0 Å². The molecule has 2 rings (SSSR count). The van der Waals surface area contributed by atoms with Crippen LogP contribution in [0.25, 0.3) is 0 Å². The molecule has 1 atom stereocenters. The van der Waals surface area contributed by atoms with Crippen LogP contribution in [-0.2, 0) is 10.3 Å². The summed E-state index contributed by atoms with van der Waals surface area (Å²) >= 11 is 0. The molecular weight excluding hydrogens is 176 g/mol. The van der Waals surface area contributed by atoms with Gasteiger partial charge in [-0.1, -0.05) is 30.3 Å². The van der Waals surface area contributed by atoms with Crippen LogP contribution < -0.4 is 0 Å². The summed E-state index contributed by atoms with van der Waals surface area (Å²) < 4.78 is 5.75. The van der Waals surface area contributed by atoms with Crippen LogP contribution in [0.3, 0.4) is 0 Å². The van der Waals surface area contributed by atoms with Crippen molar-refractivity contribution < 1.29 is 9.84 Å². The molecule has 1 saturated heterocycles. The van der Waals surface area contributed by atoms with E-state index < -0.39 is 5.60 Å². The van der Waals surface area contributed by atoms with Crippen LogP contribution in [0, 0.1) is 0 Å². The number of aliphatic hydroxyl groups excluding tert-OH is 1. The van der Waals surface area contributed by atoms with Crippen LogP contribution in [0.5, 0.6) is 0 Å². The Kier molecular flexibility index (Phi) is 2.85. The van der Waals surface area contributed by atoms with Crippen LogP contribution in [-0.4, -0.2) is 18.3 Å². The first-order chi connectivity index (χ1) is 6.87. The van der Waals surface area contributed by atoms with Crippen molar-refractivity contribution in [3.8, 4) is 0 Å². The van der Waals surface area contributed by atoms with E-state index in [-0.39, 0.29) is 6.61 Å². The van der Waals surface area contributed by atoms with Crippen molar-refractivity contribution in [1.82, 2.24) is 0 Å². The molecule has 0 spiro atoms. The maximum atomic E-state index is 9.47. The second-order valence-corrected chi connectivity index (χ2v) is 3.82. The fraction of sp³-hybridized carbons (Fsp3) is 0.500. The third-order valence-corrected chi connectivity index (χ3v) is 2.91. The Bertz CT molecular complexity index is 276. The minimum absolute atomic E-state index is 0.0804. The van der Waals surface area contributed by atoms with Gasteiger partial charge in [0, 0.05) is 6.61 Å². The maximum Gasteiger partial charge on any atom is 0.116 e. The molecule has 1 fully saturated rings. The standard InChI is InChI=1S/C12H16O2/c13-10-12(8-4-5-9-14-12)11-6-2-1-3-7-11/h1-3,6-7,13H,4-5,8-10H2. The van der Waals surface area contributed by atoms with Gasteiger partial charge in [-0.15, -0.1) is 0 Å². The van der Waals surface area contributed by atoms with Crippen molar-refractivity contribution >= 4 is 0 Å². The highest BCUT2D eigenvalue weighted by Gasteiger charge is 2.34. The lowest BCUT2D eigenvalue weighted by molar-refractivity contribution is -0.113. The summed E-state index contributed by atoms with van der Waals surface area (Å²) in [6.45, 7) is 0.840. The number of aliphatic hydroxyl groups is 1. The number of rotatable bonds is 2. The van der Waals surface area contributed by atoms with Gasteiger partial charge in [-0.25, -0.2) is 0 Å². The lowest BCUT2D eigenvalue weighted by Gasteiger charge is -2.36. The monoisotopic (exact) mass is 192 g/mol. The Balaban J connectivity index is 2.27. The molecule has 14 heavy (non-hydrogen) atoms. The average Bonchev–Trinajstić information content (AvgIpc) is 2.31. The molecule has 1 N–H and O–H groups in total. The van der Waals surface area contributed by atoms with Crippen LogP contribution in [0.1, 0.15) is 24.8 Å². The molecule has 0 aliphatic carbocycles. The van der Waals surface area contributed by atoms with Gasteiger partial charge in [-0.2, -0.15) is 0 Å². The van der Waals surface area contributed by atoms with E-state index in [0.717, 1.165) is 31.4 Å². The fourth-order valence-corrected chi connectivity index (χ4v) is 2.04. The van der Waals surface area contributed by atoms with E-state index in [1.54, 1.807) is 0 Å². The van der Waals surface area contributed by atoms with Gasteiger partial charge in [0.1, 0.15) is 5.60 Å². The van der Waals surface area contributed by atoms with Crippen molar-refractivity contribution in [1.29, 1.82) is 0 Å². The number of hydrogen-bond donors (Lipinski definition) is 1. The molecule has 1 aliphatic heterocycles. The first-order valence-corrected chi connectivity index (χ1v) is 5.18. The predicted octanol–water partition coefficient (Wildman–Crippen LogP) is 2.07. The fourth-order valence-electron chi connectivity index (χ4n) is 2.04. The molecule has 1 heterocycles. The first-order valence-electron chi connectivity index (χ1n) is 5.18. The van der Waals surface area contributed by atoms with E-state index in [1.807, 2.05) is 30.3 Å². The normalized spacial score (nSPS) is 27.5. The third kappa shape index (κ3) is 1.68. The van der Waals surface area contributed by atoms with Crippen LogP contribution in [0.15, 0.2) is 30.3 Å². The van der Waals surface area contributed by atoms with E-state index in [2.05, 4.69) is 0 Å². The lowest BCUT2D eigenvalue weighted by atomic mass is 9.87. The minimum atomic E-state index is -0.431. The quantitative estimate of drug-likeness (QED) is 0.777. The predicted molar refractivity (Wildman–Crippen MR) is 55.0 cm³/mol. The van der Waals surface area contributed by atoms with Crippen molar-refractivity contribution in [2.24, 2.45) is 0 Å². The van der Waals surface area contributed by atoms with Gasteiger partial charge in [0.2, 0.25) is 0 Å². The summed E-state index contributed by atoms with van der Waals surface area (Å²) in [6, 6.07) is 10.0. The summed E-state index contributed by atoms with van der Waals surface area (Å²) in [5.41, 5.74) is 0.668. The molecule has 0 aromatic heterocycles. The van der Waals surface area contributed by atoms with Crippen molar-refractivity contribution in [3.05, 3.63) is 35.9 Å². The molecule has 2 heteroatoms. The zero-order valence-corrected chi connectivity index (χ0v) is 8.28. The molecule has 1 aromatic rings. The smallest absolute Gasteiger partial charge is 0.116 e. The molecular formula is C12H16O2. The highest BCUT2D eigenvalue weighted by molar-refractivity contribution is 5.23. The van der Waals surface area contributed by atoms with E-state index in [4.69, 9.17) is 4.74 Å². The Morgan fingerprint density at radius 3 is 2.57 bits per heavy atom. The van der Waals surface area contributed by atoms with Crippen molar-refractivity contribution in [2.75, 3.05) is 13.2 Å². The molecule has 0 saturated carbocycles. The van der Waals surface area contributed by atoms with Gasteiger partial charge in [0.25, 0.3) is 0 Å². The number of benzene rings is 1. The second-order valence-electron chi connectivity index (χ2n) is 3.82. The highest BCUT2D eigenvalue weighted by atomic mass is 16.5. The molecule has 1 unspecified atom stereocenters. The second kappa shape index (κ2) is 4.11. The SMILES string of the molecule is OCC1(c2ccccc2)CCCCO1. The van der Waals surface area contributed by atoms with Crippen LogP contribution >= 0.6 is 0 Å². The van der Waals surface area contributed by atoms with Gasteiger partial charge in [-0.05, 0) is 24.8 Å². The molecule has 1 aromatic carbocycles. The average molecular weight is 192 g/mol. The van der Waals surface area contributed by atoms with Gasteiger partial charge in [0.05, 0.1) is 6.61 Å². The van der Waals surface area contributed by atoms with Crippen molar-refractivity contribution in [3.63, 3.8) is 0 Å². The maximum absolute atomic E-state index is 9.47. The molecule has 2 nitrogen and oxygen atoms in total. The molecule has 1 aliphatic rings. The van der Waals surface area contributed by atoms with E-state index >= 15 is 0 Å². The zero-order chi connectivity index (χ0) is 9.86. The topological polar surface area (TPSA) is 29.5 Å². The number of hydrogen-bond acceptors (Lipinski definition) is 2. The Hall–Kier alpha value is -0.860. The lowest BCUT2D eigenvalue weighted by Crippen LogP contribution is -2.37. The van der Waals surface area contributed by atoms with Gasteiger partial charge in [-0.3, -0.25) is 0 Å². The summed E-state index contributed by atoms with van der Waals surface area (Å²) in [4.78, 5) is 0. The number of ether oxygens (including phenoxy) is 1. The molecule has 0 radical (unpaired) electrons. The third-order valence-electron chi connectivity index (χ3n) is 2.91. The Morgan fingerprint density at radius 2 is 2.00 bits per heavy atom. The van der Waals surface area contributed by atoms with Crippen molar-refractivity contribution in [2.45, 2.75) is 24.9 Å². The minimum Gasteiger partial charge on any atom is -0.393 e. The Morgan fingerprint density at radius 1 is 1.21 bits per heavy atom. The Labute approximate surface area is 84.5 Å².